The van der Waals surface area contributed by atoms with E-state index in [-0.39, 0.29) is 12.4 Å². The quantitative estimate of drug-likeness (QED) is 0.888. The molecule has 2 aromatic carbocycles. The lowest BCUT2D eigenvalue weighted by molar-refractivity contribution is 0.145. The van der Waals surface area contributed by atoms with Crippen molar-refractivity contribution in [1.29, 1.82) is 0 Å². The van der Waals surface area contributed by atoms with E-state index in [0.717, 1.165) is 11.1 Å². The normalized spacial score (nSPS) is 13.4. The van der Waals surface area contributed by atoms with Gasteiger partial charge >= 0.3 is 0 Å². The molecule has 0 aliphatic heterocycles. The third-order valence-corrected chi connectivity index (χ3v) is 3.77. The molecule has 108 valence electrons. The Kier molecular flexibility index (Phi) is 6.80. The van der Waals surface area contributed by atoms with Crippen LogP contribution in [-0.2, 0) is 6.42 Å². The summed E-state index contributed by atoms with van der Waals surface area (Å²) in [7, 11) is 0. The minimum absolute atomic E-state index is 0. The van der Waals surface area contributed by atoms with Crippen LogP contribution in [0.4, 0.5) is 0 Å². The summed E-state index contributed by atoms with van der Waals surface area (Å²) < 4.78 is 0. The van der Waals surface area contributed by atoms with Gasteiger partial charge in [-0.15, -0.1) is 12.4 Å². The Labute approximate surface area is 134 Å². The minimum atomic E-state index is -0.667. The van der Waals surface area contributed by atoms with Gasteiger partial charge in [-0.3, -0.25) is 0 Å². The van der Waals surface area contributed by atoms with Crippen LogP contribution in [0.5, 0.6) is 0 Å². The van der Waals surface area contributed by atoms with E-state index in [2.05, 4.69) is 0 Å². The first-order chi connectivity index (χ1) is 9.08. The monoisotopic (exact) mass is 331 g/mol. The Morgan fingerprint density at radius 1 is 1.00 bits per heavy atom. The molecule has 0 aliphatic carbocycles. The summed E-state index contributed by atoms with van der Waals surface area (Å²) in [6.07, 6.45) is -0.165. The fourth-order valence-corrected chi connectivity index (χ4v) is 2.23. The van der Waals surface area contributed by atoms with Crippen molar-refractivity contribution in [3.63, 3.8) is 0 Å². The van der Waals surface area contributed by atoms with E-state index in [1.165, 1.54) is 0 Å². The van der Waals surface area contributed by atoms with Gasteiger partial charge in [0, 0.05) is 6.42 Å². The van der Waals surface area contributed by atoms with E-state index in [9.17, 15) is 5.11 Å². The van der Waals surface area contributed by atoms with Gasteiger partial charge in [-0.25, -0.2) is 0 Å². The number of halogens is 3. The molecule has 2 rings (SSSR count). The van der Waals surface area contributed by atoms with Gasteiger partial charge in [-0.2, -0.15) is 0 Å². The van der Waals surface area contributed by atoms with Crippen molar-refractivity contribution in [2.75, 3.05) is 0 Å². The van der Waals surface area contributed by atoms with Crippen molar-refractivity contribution in [3.8, 4) is 0 Å². The van der Waals surface area contributed by atoms with E-state index in [1.54, 1.807) is 18.2 Å². The lowest BCUT2D eigenvalue weighted by atomic mass is 9.97. The molecule has 0 unspecified atom stereocenters. The number of aliphatic hydroxyl groups is 1. The molecule has 0 bridgehead atoms. The lowest BCUT2D eigenvalue weighted by Crippen LogP contribution is -2.28. The molecule has 0 amide bonds. The molecule has 0 aromatic heterocycles. The SMILES string of the molecule is Cl.N[C@H](c1ccc(Cl)c(Cl)c1)[C@@H](O)Cc1ccccc1. The molecule has 0 heterocycles. The van der Waals surface area contributed by atoms with Crippen LogP contribution in [0.3, 0.4) is 0 Å². The maximum atomic E-state index is 10.2. The van der Waals surface area contributed by atoms with Gasteiger partial charge in [0.1, 0.15) is 0 Å². The van der Waals surface area contributed by atoms with E-state index in [4.69, 9.17) is 28.9 Å². The molecule has 3 N–H and O–H groups in total. The van der Waals surface area contributed by atoms with E-state index in [1.807, 2.05) is 30.3 Å². The molecule has 0 saturated heterocycles. The van der Waals surface area contributed by atoms with Crippen molar-refractivity contribution < 1.29 is 5.11 Å². The highest BCUT2D eigenvalue weighted by atomic mass is 35.5. The van der Waals surface area contributed by atoms with Gasteiger partial charge in [-0.1, -0.05) is 59.6 Å². The molecule has 0 spiro atoms. The molecular weight excluding hydrogens is 317 g/mol. The molecule has 0 radical (unpaired) electrons. The van der Waals surface area contributed by atoms with Crippen LogP contribution in [0.2, 0.25) is 10.0 Å². The van der Waals surface area contributed by atoms with Crippen molar-refractivity contribution in [2.45, 2.75) is 18.6 Å². The van der Waals surface area contributed by atoms with Gasteiger partial charge in [0.25, 0.3) is 0 Å². The van der Waals surface area contributed by atoms with Crippen molar-refractivity contribution >= 4 is 35.6 Å². The van der Waals surface area contributed by atoms with Crippen LogP contribution < -0.4 is 5.73 Å². The van der Waals surface area contributed by atoms with Crippen LogP contribution >= 0.6 is 35.6 Å². The predicted octanol–water partition coefficient (Wildman–Crippen LogP) is 4.02. The third kappa shape index (κ3) is 4.37. The number of aliphatic hydroxyl groups excluding tert-OH is 1. The molecule has 2 aromatic rings. The Balaban J connectivity index is 0.00000200. The highest BCUT2D eigenvalue weighted by Gasteiger charge is 2.18. The van der Waals surface area contributed by atoms with Gasteiger partial charge in [-0.05, 0) is 23.3 Å². The zero-order valence-electron chi connectivity index (χ0n) is 10.7. The van der Waals surface area contributed by atoms with Crippen molar-refractivity contribution in [3.05, 3.63) is 69.7 Å². The molecule has 2 nitrogen and oxygen atoms in total. The lowest BCUT2D eigenvalue weighted by Gasteiger charge is -2.19. The maximum Gasteiger partial charge on any atom is 0.0773 e. The highest BCUT2D eigenvalue weighted by molar-refractivity contribution is 6.42. The first-order valence-electron chi connectivity index (χ1n) is 6.00. The largest absolute Gasteiger partial charge is 0.391 e. The summed E-state index contributed by atoms with van der Waals surface area (Å²) in [6.45, 7) is 0. The van der Waals surface area contributed by atoms with E-state index < -0.39 is 12.1 Å². The first-order valence-corrected chi connectivity index (χ1v) is 6.76. The summed E-state index contributed by atoms with van der Waals surface area (Å²) in [5.74, 6) is 0. The molecule has 5 heteroatoms. The standard InChI is InChI=1S/C15H15Cl2NO.ClH/c16-12-7-6-11(9-13(12)17)15(18)14(19)8-10-4-2-1-3-5-10;/h1-7,9,14-15,19H,8,18H2;1H/t14-,15+;/m0./s1. The fraction of sp³-hybridized carbons (Fsp3) is 0.200. The summed E-state index contributed by atoms with van der Waals surface area (Å²) in [5, 5.41) is 11.1. The van der Waals surface area contributed by atoms with E-state index in [0.29, 0.717) is 16.5 Å². The van der Waals surface area contributed by atoms with E-state index >= 15 is 0 Å². The van der Waals surface area contributed by atoms with Crippen LogP contribution in [0, 0.1) is 0 Å². The van der Waals surface area contributed by atoms with Gasteiger partial charge in [0.2, 0.25) is 0 Å². The predicted molar refractivity (Wildman–Crippen MR) is 86.8 cm³/mol. The molecule has 0 fully saturated rings. The van der Waals surface area contributed by atoms with Crippen LogP contribution in [0.15, 0.2) is 48.5 Å². The second-order valence-electron chi connectivity index (χ2n) is 4.46. The van der Waals surface area contributed by atoms with Gasteiger partial charge in [0.05, 0.1) is 22.2 Å². The number of hydrogen-bond donors (Lipinski definition) is 2. The highest BCUT2D eigenvalue weighted by Crippen LogP contribution is 2.26. The number of nitrogens with two attached hydrogens (primary N) is 1. The second-order valence-corrected chi connectivity index (χ2v) is 5.27. The molecule has 0 saturated carbocycles. The average molecular weight is 333 g/mol. The second kappa shape index (κ2) is 7.87. The average Bonchev–Trinajstić information content (AvgIpc) is 2.42. The number of benzene rings is 2. The smallest absolute Gasteiger partial charge is 0.0773 e. The first kappa shape index (κ1) is 17.3. The van der Waals surface area contributed by atoms with Gasteiger partial charge < -0.3 is 10.8 Å². The summed E-state index contributed by atoms with van der Waals surface area (Å²) in [4.78, 5) is 0. The Morgan fingerprint density at radius 2 is 1.65 bits per heavy atom. The molecule has 2 atom stereocenters. The zero-order chi connectivity index (χ0) is 13.8. The van der Waals surface area contributed by atoms with Crippen molar-refractivity contribution in [2.24, 2.45) is 5.73 Å². The topological polar surface area (TPSA) is 46.2 Å². The minimum Gasteiger partial charge on any atom is -0.391 e. The van der Waals surface area contributed by atoms with Crippen molar-refractivity contribution in [1.82, 2.24) is 0 Å². The molecule has 20 heavy (non-hydrogen) atoms. The Hall–Kier alpha value is -0.770. The van der Waals surface area contributed by atoms with Crippen LogP contribution in [0.1, 0.15) is 17.2 Å². The summed E-state index contributed by atoms with van der Waals surface area (Å²) >= 11 is 11.8. The summed E-state index contributed by atoms with van der Waals surface area (Å²) in [5.41, 5.74) is 7.88. The third-order valence-electron chi connectivity index (χ3n) is 3.03. The molecular formula is C15H16Cl3NO. The van der Waals surface area contributed by atoms with Gasteiger partial charge in [0.15, 0.2) is 0 Å². The molecule has 0 aliphatic rings. The fourth-order valence-electron chi connectivity index (χ4n) is 1.92. The van der Waals surface area contributed by atoms with Crippen LogP contribution in [-0.4, -0.2) is 11.2 Å². The van der Waals surface area contributed by atoms with Crippen LogP contribution in [0.25, 0.3) is 0 Å². The summed E-state index contributed by atoms with van der Waals surface area (Å²) in [6, 6.07) is 14.4. The Bertz CT molecular complexity index is 548. The zero-order valence-corrected chi connectivity index (χ0v) is 13.0. The number of rotatable bonds is 4. The number of hydrogen-bond acceptors (Lipinski definition) is 2. The maximum absolute atomic E-state index is 10.2. The Morgan fingerprint density at radius 3 is 2.25 bits per heavy atom.